The first-order valence-electron chi connectivity index (χ1n) is 7.48. The number of hydrogen-bond donors (Lipinski definition) is 1. The van der Waals surface area contributed by atoms with Crippen molar-refractivity contribution in [2.45, 2.75) is 32.0 Å². The summed E-state index contributed by atoms with van der Waals surface area (Å²) in [7, 11) is 0. The lowest BCUT2D eigenvalue weighted by Gasteiger charge is -2.15. The summed E-state index contributed by atoms with van der Waals surface area (Å²) >= 11 is 0. The lowest BCUT2D eigenvalue weighted by Crippen LogP contribution is -2.33. The molecule has 0 spiro atoms. The molecule has 2 aromatic carbocycles. The van der Waals surface area contributed by atoms with Crippen LogP contribution in [0.5, 0.6) is 0 Å². The summed E-state index contributed by atoms with van der Waals surface area (Å²) in [5.74, 6) is -1.81. The summed E-state index contributed by atoms with van der Waals surface area (Å²) in [6.07, 6.45) is -3.35. The van der Waals surface area contributed by atoms with Gasteiger partial charge in [-0.2, -0.15) is 13.2 Å². The van der Waals surface area contributed by atoms with Crippen LogP contribution in [0.2, 0.25) is 0 Å². The number of benzene rings is 2. The molecular weight excluding hydrogens is 322 g/mol. The summed E-state index contributed by atoms with van der Waals surface area (Å²) in [5.41, 5.74) is -0.415. The van der Waals surface area contributed by atoms with Crippen molar-refractivity contribution in [1.29, 1.82) is 0 Å². The molecule has 128 valence electrons. The summed E-state index contributed by atoms with van der Waals surface area (Å²) in [4.78, 5) is 12.1. The normalized spacial score (nSPS) is 12.7. The van der Waals surface area contributed by atoms with Crippen molar-refractivity contribution in [3.05, 3.63) is 71.0 Å². The highest BCUT2D eigenvalue weighted by atomic mass is 19.4. The molecule has 0 fully saturated rings. The summed E-state index contributed by atoms with van der Waals surface area (Å²) < 4.78 is 51.4. The highest BCUT2D eigenvalue weighted by Gasteiger charge is 2.32. The monoisotopic (exact) mass is 339 g/mol. The molecule has 0 saturated carbocycles. The quantitative estimate of drug-likeness (QED) is 0.793. The van der Waals surface area contributed by atoms with E-state index < -0.39 is 23.5 Å². The minimum atomic E-state index is -4.70. The molecule has 24 heavy (non-hydrogen) atoms. The number of alkyl halides is 3. The van der Waals surface area contributed by atoms with Crippen molar-refractivity contribution >= 4 is 5.91 Å². The van der Waals surface area contributed by atoms with Gasteiger partial charge in [-0.3, -0.25) is 4.79 Å². The van der Waals surface area contributed by atoms with Crippen LogP contribution in [-0.2, 0) is 12.6 Å². The van der Waals surface area contributed by atoms with Crippen LogP contribution in [0.3, 0.4) is 0 Å². The minimum absolute atomic E-state index is 0.254. The molecule has 2 rings (SSSR count). The predicted octanol–water partition coefficient (Wildman–Crippen LogP) is 4.60. The van der Waals surface area contributed by atoms with E-state index in [9.17, 15) is 22.4 Å². The third-order valence-corrected chi connectivity index (χ3v) is 3.57. The Bertz CT molecular complexity index is 698. The van der Waals surface area contributed by atoms with Gasteiger partial charge in [0, 0.05) is 11.6 Å². The Labute approximate surface area is 137 Å². The van der Waals surface area contributed by atoms with Crippen LogP contribution in [-0.4, -0.2) is 11.9 Å². The van der Waals surface area contributed by atoms with Gasteiger partial charge in [0.25, 0.3) is 5.91 Å². The van der Waals surface area contributed by atoms with Crippen LogP contribution in [0.25, 0.3) is 0 Å². The summed E-state index contributed by atoms with van der Waals surface area (Å²) in [5, 5.41) is 2.60. The van der Waals surface area contributed by atoms with Gasteiger partial charge >= 0.3 is 6.18 Å². The summed E-state index contributed by atoms with van der Waals surface area (Å²) in [6, 6.07) is 11.2. The second-order valence-corrected chi connectivity index (χ2v) is 5.63. The first-order valence-corrected chi connectivity index (χ1v) is 7.48. The van der Waals surface area contributed by atoms with Gasteiger partial charge in [0.05, 0.1) is 5.56 Å². The lowest BCUT2D eigenvalue weighted by atomic mass is 10.1. The second kappa shape index (κ2) is 7.47. The van der Waals surface area contributed by atoms with Crippen LogP contribution >= 0.6 is 0 Å². The first kappa shape index (κ1) is 18.0. The zero-order chi connectivity index (χ0) is 17.7. The number of hydrogen-bond acceptors (Lipinski definition) is 1. The average Bonchev–Trinajstić information content (AvgIpc) is 2.52. The zero-order valence-corrected chi connectivity index (χ0v) is 13.0. The maximum atomic E-state index is 13.3. The molecule has 0 aliphatic heterocycles. The van der Waals surface area contributed by atoms with Gasteiger partial charge in [-0.05, 0) is 43.5 Å². The van der Waals surface area contributed by atoms with Crippen molar-refractivity contribution in [3.8, 4) is 0 Å². The molecule has 1 unspecified atom stereocenters. The van der Waals surface area contributed by atoms with Crippen LogP contribution in [0.1, 0.15) is 34.8 Å². The molecule has 6 heteroatoms. The van der Waals surface area contributed by atoms with Crippen molar-refractivity contribution in [3.63, 3.8) is 0 Å². The molecule has 0 radical (unpaired) electrons. The fourth-order valence-electron chi connectivity index (χ4n) is 2.29. The smallest absolute Gasteiger partial charge is 0.350 e. The van der Waals surface area contributed by atoms with E-state index in [0.29, 0.717) is 18.6 Å². The standard InChI is InChI=1S/C18H17F4NO/c1-12(7-8-13-5-3-2-4-6-13)23-17(24)14-9-15(18(20,21)22)11-16(19)10-14/h2-6,9-12H,7-8H2,1H3,(H,23,24). The molecule has 0 aliphatic carbocycles. The van der Waals surface area contributed by atoms with E-state index in [1.807, 2.05) is 30.3 Å². The maximum Gasteiger partial charge on any atom is 0.416 e. The molecule has 0 aromatic heterocycles. The van der Waals surface area contributed by atoms with Crippen molar-refractivity contribution in [2.75, 3.05) is 0 Å². The maximum absolute atomic E-state index is 13.3. The van der Waals surface area contributed by atoms with Gasteiger partial charge in [-0.15, -0.1) is 0 Å². The van der Waals surface area contributed by atoms with Crippen LogP contribution < -0.4 is 5.32 Å². The van der Waals surface area contributed by atoms with Crippen molar-refractivity contribution in [2.24, 2.45) is 0 Å². The van der Waals surface area contributed by atoms with Gasteiger partial charge in [-0.1, -0.05) is 30.3 Å². The van der Waals surface area contributed by atoms with Crippen molar-refractivity contribution < 1.29 is 22.4 Å². The molecule has 0 saturated heterocycles. The van der Waals surface area contributed by atoms with E-state index in [0.717, 1.165) is 18.1 Å². The van der Waals surface area contributed by atoms with Crippen LogP contribution in [0, 0.1) is 5.82 Å². The number of aryl methyl sites for hydroxylation is 1. The third kappa shape index (κ3) is 5.08. The minimum Gasteiger partial charge on any atom is -0.350 e. The third-order valence-electron chi connectivity index (χ3n) is 3.57. The first-order chi connectivity index (χ1) is 11.3. The molecule has 1 amide bonds. The molecule has 2 nitrogen and oxygen atoms in total. The Hall–Kier alpha value is -2.37. The van der Waals surface area contributed by atoms with Gasteiger partial charge in [0.15, 0.2) is 0 Å². The number of rotatable bonds is 5. The van der Waals surface area contributed by atoms with Crippen LogP contribution in [0.15, 0.2) is 48.5 Å². The number of carbonyl (C=O) groups is 1. The highest BCUT2D eigenvalue weighted by molar-refractivity contribution is 5.94. The van der Waals surface area contributed by atoms with E-state index in [-0.39, 0.29) is 11.6 Å². The van der Waals surface area contributed by atoms with Crippen molar-refractivity contribution in [1.82, 2.24) is 5.32 Å². The molecule has 1 N–H and O–H groups in total. The fourth-order valence-corrected chi connectivity index (χ4v) is 2.29. The SMILES string of the molecule is CC(CCc1ccccc1)NC(=O)c1cc(F)cc(C(F)(F)F)c1. The lowest BCUT2D eigenvalue weighted by molar-refractivity contribution is -0.137. The molecule has 2 aromatic rings. The number of nitrogens with one attached hydrogen (secondary N) is 1. The van der Waals surface area contributed by atoms with Gasteiger partial charge in [-0.25, -0.2) is 4.39 Å². The Morgan fingerprint density at radius 1 is 1.12 bits per heavy atom. The van der Waals surface area contributed by atoms with Crippen LogP contribution in [0.4, 0.5) is 17.6 Å². The summed E-state index contributed by atoms with van der Waals surface area (Å²) in [6.45, 7) is 1.75. The van der Waals surface area contributed by atoms with E-state index >= 15 is 0 Å². The Morgan fingerprint density at radius 3 is 2.42 bits per heavy atom. The van der Waals surface area contributed by atoms with Gasteiger partial charge in [0.2, 0.25) is 0 Å². The molecular formula is C18H17F4NO. The zero-order valence-electron chi connectivity index (χ0n) is 13.0. The number of amides is 1. The average molecular weight is 339 g/mol. The largest absolute Gasteiger partial charge is 0.416 e. The number of carbonyl (C=O) groups excluding carboxylic acids is 1. The van der Waals surface area contributed by atoms with E-state index in [4.69, 9.17) is 0 Å². The molecule has 0 heterocycles. The Morgan fingerprint density at radius 2 is 1.79 bits per heavy atom. The Kier molecular flexibility index (Phi) is 5.59. The van der Waals surface area contributed by atoms with E-state index in [1.54, 1.807) is 6.92 Å². The second-order valence-electron chi connectivity index (χ2n) is 5.63. The predicted molar refractivity (Wildman–Crippen MR) is 83.1 cm³/mol. The highest BCUT2D eigenvalue weighted by Crippen LogP contribution is 2.30. The fraction of sp³-hybridized carbons (Fsp3) is 0.278. The topological polar surface area (TPSA) is 29.1 Å². The molecule has 0 bridgehead atoms. The molecule has 1 atom stereocenters. The van der Waals surface area contributed by atoms with Gasteiger partial charge in [0.1, 0.15) is 5.82 Å². The van der Waals surface area contributed by atoms with E-state index in [1.165, 1.54) is 0 Å². The number of halogens is 4. The molecule has 0 aliphatic rings. The Balaban J connectivity index is 2.00. The van der Waals surface area contributed by atoms with E-state index in [2.05, 4.69) is 5.32 Å². The van der Waals surface area contributed by atoms with Gasteiger partial charge < -0.3 is 5.32 Å².